The van der Waals surface area contributed by atoms with Crippen molar-refractivity contribution in [3.63, 3.8) is 0 Å². The zero-order valence-electron chi connectivity index (χ0n) is 6.10. The summed E-state index contributed by atoms with van der Waals surface area (Å²) in [6.45, 7) is 0.460. The summed E-state index contributed by atoms with van der Waals surface area (Å²) in [5.41, 5.74) is 0. The predicted molar refractivity (Wildman–Crippen MR) is 32.9 cm³/mol. The largest absolute Gasteiger partial charge is 0.396 e. The van der Waals surface area contributed by atoms with E-state index >= 15 is 0 Å². The molecule has 0 amide bonds. The minimum atomic E-state index is -4.38. The van der Waals surface area contributed by atoms with Gasteiger partial charge in [0.05, 0.1) is 12.0 Å². The number of rotatable bonds is 3. The van der Waals surface area contributed by atoms with Crippen LogP contribution in [0.15, 0.2) is 0 Å². The lowest BCUT2D eigenvalue weighted by Gasteiger charge is -2.20. The van der Waals surface area contributed by atoms with Gasteiger partial charge in [0, 0.05) is 6.61 Å². The molecule has 2 atom stereocenters. The van der Waals surface area contributed by atoms with Gasteiger partial charge in [-0.2, -0.15) is 13.2 Å². The molecule has 0 rings (SSSR count). The highest BCUT2D eigenvalue weighted by atomic mass is 19.4. The van der Waals surface area contributed by atoms with Crippen molar-refractivity contribution in [3.8, 4) is 0 Å². The van der Waals surface area contributed by atoms with Crippen LogP contribution < -0.4 is 0 Å². The van der Waals surface area contributed by atoms with Gasteiger partial charge < -0.3 is 10.2 Å². The monoisotopic (exact) mass is 172 g/mol. The molecule has 0 aromatic carbocycles. The maximum Gasteiger partial charge on any atom is 0.394 e. The average Bonchev–Trinajstić information content (AvgIpc) is 1.85. The summed E-state index contributed by atoms with van der Waals surface area (Å²) in [5, 5.41) is 17.0. The highest BCUT2D eigenvalue weighted by molar-refractivity contribution is 4.70. The normalized spacial score (nSPS) is 18.0. The van der Waals surface area contributed by atoms with Crippen LogP contribution in [0, 0.1) is 5.92 Å². The molecule has 0 aliphatic carbocycles. The SMILES string of the molecule is CC(C(O)CCO)C(F)(F)F. The van der Waals surface area contributed by atoms with Crippen molar-refractivity contribution in [3.05, 3.63) is 0 Å². The fraction of sp³-hybridized carbons (Fsp3) is 1.00. The molecule has 11 heavy (non-hydrogen) atoms. The highest BCUT2D eigenvalue weighted by Gasteiger charge is 2.40. The van der Waals surface area contributed by atoms with Gasteiger partial charge in [0.15, 0.2) is 0 Å². The maximum atomic E-state index is 11.8. The van der Waals surface area contributed by atoms with Crippen molar-refractivity contribution in [2.75, 3.05) is 6.61 Å². The van der Waals surface area contributed by atoms with Crippen molar-refractivity contribution >= 4 is 0 Å². The highest BCUT2D eigenvalue weighted by Crippen LogP contribution is 2.29. The number of hydrogen-bond donors (Lipinski definition) is 2. The van der Waals surface area contributed by atoms with Gasteiger partial charge in [0.2, 0.25) is 0 Å². The summed E-state index contributed by atoms with van der Waals surface area (Å²) in [6.07, 6.45) is -6.12. The smallest absolute Gasteiger partial charge is 0.394 e. The fourth-order valence-corrected chi connectivity index (χ4v) is 0.600. The first-order valence-corrected chi connectivity index (χ1v) is 3.25. The van der Waals surface area contributed by atoms with E-state index in [0.717, 1.165) is 6.92 Å². The number of aliphatic hydroxyl groups excluding tert-OH is 2. The van der Waals surface area contributed by atoms with Crippen LogP contribution in [0.3, 0.4) is 0 Å². The van der Waals surface area contributed by atoms with Crippen LogP contribution in [0.25, 0.3) is 0 Å². The second-order valence-corrected chi connectivity index (χ2v) is 2.41. The Morgan fingerprint density at radius 1 is 1.36 bits per heavy atom. The molecule has 0 bridgehead atoms. The van der Waals surface area contributed by atoms with Crippen LogP contribution in [-0.4, -0.2) is 29.1 Å². The van der Waals surface area contributed by atoms with Gasteiger partial charge in [-0.15, -0.1) is 0 Å². The quantitative estimate of drug-likeness (QED) is 0.664. The van der Waals surface area contributed by atoms with Gasteiger partial charge in [-0.05, 0) is 6.42 Å². The average molecular weight is 172 g/mol. The van der Waals surface area contributed by atoms with Crippen molar-refractivity contribution < 1.29 is 23.4 Å². The third kappa shape index (κ3) is 3.57. The molecule has 0 aromatic rings. The zero-order valence-corrected chi connectivity index (χ0v) is 6.10. The van der Waals surface area contributed by atoms with Crippen molar-refractivity contribution in [1.29, 1.82) is 0 Å². The molecule has 0 spiro atoms. The van der Waals surface area contributed by atoms with E-state index in [1.807, 2.05) is 0 Å². The first-order chi connectivity index (χ1) is 4.89. The molecule has 0 fully saturated rings. The van der Waals surface area contributed by atoms with E-state index in [-0.39, 0.29) is 6.42 Å². The Balaban J connectivity index is 3.91. The third-order valence-electron chi connectivity index (χ3n) is 1.52. The minimum absolute atomic E-state index is 0.235. The van der Waals surface area contributed by atoms with E-state index in [2.05, 4.69) is 0 Å². The summed E-state index contributed by atoms with van der Waals surface area (Å²) >= 11 is 0. The van der Waals surface area contributed by atoms with Crippen LogP contribution in [0.5, 0.6) is 0 Å². The van der Waals surface area contributed by atoms with E-state index in [1.54, 1.807) is 0 Å². The van der Waals surface area contributed by atoms with Crippen LogP contribution in [0.2, 0.25) is 0 Å². The molecule has 0 aromatic heterocycles. The molecule has 2 N–H and O–H groups in total. The number of hydrogen-bond acceptors (Lipinski definition) is 2. The van der Waals surface area contributed by atoms with E-state index in [1.165, 1.54) is 0 Å². The maximum absolute atomic E-state index is 11.8. The Morgan fingerprint density at radius 2 is 1.82 bits per heavy atom. The van der Waals surface area contributed by atoms with Gasteiger partial charge >= 0.3 is 6.18 Å². The Kier molecular flexibility index (Phi) is 3.82. The molecule has 0 heterocycles. The van der Waals surface area contributed by atoms with Gasteiger partial charge in [-0.1, -0.05) is 6.92 Å². The molecule has 5 heteroatoms. The molecule has 0 aliphatic heterocycles. The summed E-state index contributed by atoms with van der Waals surface area (Å²) in [4.78, 5) is 0. The molecule has 2 nitrogen and oxygen atoms in total. The van der Waals surface area contributed by atoms with E-state index in [0.29, 0.717) is 0 Å². The van der Waals surface area contributed by atoms with Crippen molar-refractivity contribution in [2.24, 2.45) is 5.92 Å². The predicted octanol–water partition coefficient (Wildman–Crippen LogP) is 0.928. The molecular formula is C6H11F3O2. The van der Waals surface area contributed by atoms with Crippen LogP contribution >= 0.6 is 0 Å². The molecule has 2 unspecified atom stereocenters. The zero-order chi connectivity index (χ0) is 9.07. The molecule has 68 valence electrons. The number of halogens is 3. The summed E-state index contributed by atoms with van der Waals surface area (Å²) in [5.74, 6) is -1.77. The van der Waals surface area contributed by atoms with Gasteiger partial charge in [-0.25, -0.2) is 0 Å². The minimum Gasteiger partial charge on any atom is -0.396 e. The topological polar surface area (TPSA) is 40.5 Å². The molecule has 0 aliphatic rings. The number of alkyl halides is 3. The Bertz CT molecular complexity index is 113. The van der Waals surface area contributed by atoms with E-state index in [9.17, 15) is 13.2 Å². The molecule has 0 saturated carbocycles. The van der Waals surface area contributed by atoms with Crippen LogP contribution in [0.4, 0.5) is 13.2 Å². The molecule has 0 radical (unpaired) electrons. The van der Waals surface area contributed by atoms with Crippen molar-refractivity contribution in [2.45, 2.75) is 25.6 Å². The summed E-state index contributed by atoms with van der Waals surface area (Å²) in [6, 6.07) is 0. The standard InChI is InChI=1S/C6H11F3O2/c1-4(6(7,8)9)5(11)2-3-10/h4-5,10-11H,2-3H2,1H3. The lowest BCUT2D eigenvalue weighted by Crippen LogP contribution is -2.32. The van der Waals surface area contributed by atoms with E-state index in [4.69, 9.17) is 10.2 Å². The Hall–Kier alpha value is -0.290. The van der Waals surface area contributed by atoms with Crippen LogP contribution in [0.1, 0.15) is 13.3 Å². The van der Waals surface area contributed by atoms with E-state index < -0.39 is 24.8 Å². The molecule has 0 saturated heterocycles. The lowest BCUT2D eigenvalue weighted by atomic mass is 10.0. The fourth-order valence-electron chi connectivity index (χ4n) is 0.600. The second-order valence-electron chi connectivity index (χ2n) is 2.41. The Labute approximate surface area is 62.6 Å². The van der Waals surface area contributed by atoms with Crippen LogP contribution in [-0.2, 0) is 0 Å². The van der Waals surface area contributed by atoms with Gasteiger partial charge in [0.1, 0.15) is 0 Å². The Morgan fingerprint density at radius 3 is 2.09 bits per heavy atom. The third-order valence-corrected chi connectivity index (χ3v) is 1.52. The number of aliphatic hydroxyl groups is 2. The second kappa shape index (κ2) is 3.92. The summed E-state index contributed by atoms with van der Waals surface area (Å²) in [7, 11) is 0. The summed E-state index contributed by atoms with van der Waals surface area (Å²) < 4.78 is 35.3. The van der Waals surface area contributed by atoms with Gasteiger partial charge in [0.25, 0.3) is 0 Å². The van der Waals surface area contributed by atoms with Crippen molar-refractivity contribution in [1.82, 2.24) is 0 Å². The lowest BCUT2D eigenvalue weighted by molar-refractivity contribution is -0.195. The van der Waals surface area contributed by atoms with Gasteiger partial charge in [-0.3, -0.25) is 0 Å². The first kappa shape index (κ1) is 10.7. The first-order valence-electron chi connectivity index (χ1n) is 3.25. The molecular weight excluding hydrogens is 161 g/mol.